The Balaban J connectivity index is 2.29. The van der Waals surface area contributed by atoms with Crippen LogP contribution in [0.3, 0.4) is 0 Å². The van der Waals surface area contributed by atoms with Crippen LogP contribution in [0.4, 0.5) is 0 Å². The van der Waals surface area contributed by atoms with Gasteiger partial charge < -0.3 is 5.32 Å². The number of nitrogens with one attached hydrogen (secondary N) is 1. The van der Waals surface area contributed by atoms with Crippen LogP contribution in [0.1, 0.15) is 11.4 Å². The molecule has 0 saturated heterocycles. The summed E-state index contributed by atoms with van der Waals surface area (Å²) in [6.45, 7) is 0. The molecule has 0 bridgehead atoms. The van der Waals surface area contributed by atoms with E-state index in [9.17, 15) is 4.79 Å². The van der Waals surface area contributed by atoms with E-state index in [0.29, 0.717) is 6.42 Å². The Morgan fingerprint density at radius 1 is 1.82 bits per heavy atom. The van der Waals surface area contributed by atoms with Gasteiger partial charge in [0.25, 0.3) is 0 Å². The fourth-order valence-electron chi connectivity index (χ4n) is 0.722. The second-order valence-corrected chi connectivity index (χ2v) is 3.08. The van der Waals surface area contributed by atoms with E-state index < -0.39 is 0 Å². The van der Waals surface area contributed by atoms with Gasteiger partial charge in [-0.3, -0.25) is 4.79 Å². The molecule has 0 aliphatic carbocycles. The molecule has 0 unspecified atom stereocenters. The van der Waals surface area contributed by atoms with Crippen LogP contribution in [-0.2, 0) is 11.2 Å². The van der Waals surface area contributed by atoms with Crippen LogP contribution in [0.2, 0.25) is 0 Å². The Labute approximate surface area is 69.5 Å². The van der Waals surface area contributed by atoms with Gasteiger partial charge in [0.05, 0.1) is 5.01 Å². The van der Waals surface area contributed by atoms with Gasteiger partial charge in [0.1, 0.15) is 0 Å². The molecule has 1 rings (SSSR count). The molecule has 1 amide bonds. The number of amides is 1. The molecule has 0 aliphatic heterocycles. The van der Waals surface area contributed by atoms with Gasteiger partial charge in [0.15, 0.2) is 0 Å². The third-order valence-corrected chi connectivity index (χ3v) is 2.17. The molecule has 1 N–H and O–H groups in total. The van der Waals surface area contributed by atoms with Crippen molar-refractivity contribution in [1.29, 1.82) is 0 Å². The highest BCUT2D eigenvalue weighted by Crippen LogP contribution is 2.05. The van der Waals surface area contributed by atoms with E-state index in [1.807, 2.05) is 5.38 Å². The zero-order chi connectivity index (χ0) is 8.10. The summed E-state index contributed by atoms with van der Waals surface area (Å²) in [5.41, 5.74) is 0. The van der Waals surface area contributed by atoms with E-state index in [1.54, 1.807) is 24.6 Å². The molecule has 60 valence electrons. The quantitative estimate of drug-likeness (QED) is 0.729. The second-order valence-electron chi connectivity index (χ2n) is 2.10. The lowest BCUT2D eigenvalue weighted by atomic mass is 10.3. The minimum atomic E-state index is 0.0696. The third-order valence-electron chi connectivity index (χ3n) is 1.33. The fourth-order valence-corrected chi connectivity index (χ4v) is 1.34. The van der Waals surface area contributed by atoms with E-state index in [4.69, 9.17) is 0 Å². The topological polar surface area (TPSA) is 42.0 Å². The van der Waals surface area contributed by atoms with E-state index in [0.717, 1.165) is 11.4 Å². The molecule has 1 aromatic rings. The lowest BCUT2D eigenvalue weighted by molar-refractivity contribution is -0.120. The van der Waals surface area contributed by atoms with Crippen LogP contribution in [0.5, 0.6) is 0 Å². The molecule has 11 heavy (non-hydrogen) atoms. The van der Waals surface area contributed by atoms with Crippen LogP contribution < -0.4 is 5.32 Å². The van der Waals surface area contributed by atoms with Crippen LogP contribution in [0.25, 0.3) is 0 Å². The number of nitrogens with zero attached hydrogens (tertiary/aromatic N) is 1. The van der Waals surface area contributed by atoms with Crippen molar-refractivity contribution in [3.05, 3.63) is 16.6 Å². The number of rotatable bonds is 3. The Hall–Kier alpha value is -0.900. The molecular formula is C7H10N2OS. The molecule has 0 fully saturated rings. The molecule has 0 aromatic carbocycles. The van der Waals surface area contributed by atoms with Crippen molar-refractivity contribution in [3.63, 3.8) is 0 Å². The van der Waals surface area contributed by atoms with Gasteiger partial charge in [0, 0.05) is 31.5 Å². The minimum Gasteiger partial charge on any atom is -0.359 e. The molecule has 0 spiro atoms. The van der Waals surface area contributed by atoms with E-state index in [-0.39, 0.29) is 5.91 Å². The van der Waals surface area contributed by atoms with Gasteiger partial charge >= 0.3 is 0 Å². The lowest BCUT2D eigenvalue weighted by Gasteiger charge is -1.95. The van der Waals surface area contributed by atoms with Crippen LogP contribution >= 0.6 is 11.3 Å². The average Bonchev–Trinajstić information content (AvgIpc) is 2.52. The van der Waals surface area contributed by atoms with E-state index >= 15 is 0 Å². The number of thiazole rings is 1. The summed E-state index contributed by atoms with van der Waals surface area (Å²) in [5, 5.41) is 5.50. The summed E-state index contributed by atoms with van der Waals surface area (Å²) in [5.74, 6) is 0.0696. The van der Waals surface area contributed by atoms with Crippen molar-refractivity contribution in [2.24, 2.45) is 0 Å². The maximum atomic E-state index is 10.8. The molecule has 4 heteroatoms. The standard InChI is InChI=1S/C7H10N2OS/c1-8-6(10)2-3-7-9-4-5-11-7/h4-5H,2-3H2,1H3,(H,8,10). The van der Waals surface area contributed by atoms with Crippen molar-refractivity contribution in [2.45, 2.75) is 12.8 Å². The number of aromatic nitrogens is 1. The largest absolute Gasteiger partial charge is 0.359 e. The number of hydrogen-bond acceptors (Lipinski definition) is 3. The predicted molar refractivity (Wildman–Crippen MR) is 44.5 cm³/mol. The molecule has 0 radical (unpaired) electrons. The number of carbonyl (C=O) groups excluding carboxylic acids is 1. The van der Waals surface area contributed by atoms with Crippen molar-refractivity contribution in [2.75, 3.05) is 7.05 Å². The van der Waals surface area contributed by atoms with E-state index in [1.165, 1.54) is 0 Å². The molecule has 1 heterocycles. The van der Waals surface area contributed by atoms with Crippen LogP contribution in [0.15, 0.2) is 11.6 Å². The summed E-state index contributed by atoms with van der Waals surface area (Å²) in [4.78, 5) is 14.8. The van der Waals surface area contributed by atoms with Crippen LogP contribution in [-0.4, -0.2) is 17.9 Å². The zero-order valence-corrected chi connectivity index (χ0v) is 7.15. The molecule has 0 saturated carbocycles. The summed E-state index contributed by atoms with van der Waals surface area (Å²) < 4.78 is 0. The Morgan fingerprint density at radius 2 is 2.64 bits per heavy atom. The van der Waals surface area contributed by atoms with Gasteiger partial charge in [-0.1, -0.05) is 0 Å². The Kier molecular flexibility index (Phi) is 3.04. The minimum absolute atomic E-state index is 0.0696. The van der Waals surface area contributed by atoms with Crippen molar-refractivity contribution < 1.29 is 4.79 Å². The summed E-state index contributed by atoms with van der Waals surface area (Å²) in [7, 11) is 1.64. The fraction of sp³-hybridized carbons (Fsp3) is 0.429. The number of carbonyl (C=O) groups is 1. The first-order chi connectivity index (χ1) is 5.33. The van der Waals surface area contributed by atoms with Gasteiger partial charge in [-0.2, -0.15) is 0 Å². The number of hydrogen-bond donors (Lipinski definition) is 1. The monoisotopic (exact) mass is 170 g/mol. The third kappa shape index (κ3) is 2.67. The van der Waals surface area contributed by atoms with Gasteiger partial charge in [-0.05, 0) is 0 Å². The molecule has 1 aromatic heterocycles. The Morgan fingerprint density at radius 3 is 3.18 bits per heavy atom. The molecule has 0 atom stereocenters. The molecule has 3 nitrogen and oxygen atoms in total. The van der Waals surface area contributed by atoms with Gasteiger partial charge in [0.2, 0.25) is 5.91 Å². The Bertz CT molecular complexity index is 220. The van der Waals surface area contributed by atoms with E-state index in [2.05, 4.69) is 10.3 Å². The summed E-state index contributed by atoms with van der Waals surface area (Å²) >= 11 is 1.58. The first kappa shape index (κ1) is 8.20. The highest BCUT2D eigenvalue weighted by Gasteiger charge is 2.00. The zero-order valence-electron chi connectivity index (χ0n) is 6.33. The normalized spacial score (nSPS) is 9.55. The van der Waals surface area contributed by atoms with Gasteiger partial charge in [-0.25, -0.2) is 4.98 Å². The highest BCUT2D eigenvalue weighted by atomic mass is 32.1. The lowest BCUT2D eigenvalue weighted by Crippen LogP contribution is -2.17. The maximum absolute atomic E-state index is 10.8. The highest BCUT2D eigenvalue weighted by molar-refractivity contribution is 7.09. The molecule has 0 aliphatic rings. The first-order valence-electron chi connectivity index (χ1n) is 3.42. The van der Waals surface area contributed by atoms with Crippen molar-refractivity contribution in [1.82, 2.24) is 10.3 Å². The van der Waals surface area contributed by atoms with Crippen LogP contribution in [0, 0.1) is 0 Å². The first-order valence-corrected chi connectivity index (χ1v) is 4.30. The predicted octanol–water partition coefficient (Wildman–Crippen LogP) is 0.822. The average molecular weight is 170 g/mol. The second kappa shape index (κ2) is 4.08. The number of aryl methyl sites for hydroxylation is 1. The SMILES string of the molecule is CNC(=O)CCc1nccs1. The van der Waals surface area contributed by atoms with Gasteiger partial charge in [-0.15, -0.1) is 11.3 Å². The summed E-state index contributed by atoms with van der Waals surface area (Å²) in [6, 6.07) is 0. The maximum Gasteiger partial charge on any atom is 0.220 e. The van der Waals surface area contributed by atoms with Crippen molar-refractivity contribution >= 4 is 17.2 Å². The van der Waals surface area contributed by atoms with Crippen molar-refractivity contribution in [3.8, 4) is 0 Å². The smallest absolute Gasteiger partial charge is 0.220 e. The summed E-state index contributed by atoms with van der Waals surface area (Å²) in [6.07, 6.45) is 3.03. The molecular weight excluding hydrogens is 160 g/mol.